The number of hydrogen-bond acceptors (Lipinski definition) is 5. The average Bonchev–Trinajstić information content (AvgIpc) is 3.26. The monoisotopic (exact) mass is 349 g/mol. The van der Waals surface area contributed by atoms with Gasteiger partial charge in [-0.3, -0.25) is 0 Å². The molecule has 0 atom stereocenters. The van der Waals surface area contributed by atoms with Gasteiger partial charge in [-0.15, -0.1) is 11.3 Å². The molecule has 0 fully saturated rings. The highest BCUT2D eigenvalue weighted by atomic mass is 32.1. The average molecular weight is 349 g/mol. The Kier molecular flexibility index (Phi) is 3.63. The molecule has 0 bridgehead atoms. The summed E-state index contributed by atoms with van der Waals surface area (Å²) in [5.41, 5.74) is 3.71. The summed E-state index contributed by atoms with van der Waals surface area (Å²) in [6, 6.07) is 10.5. The van der Waals surface area contributed by atoms with Gasteiger partial charge in [0.25, 0.3) is 0 Å². The summed E-state index contributed by atoms with van der Waals surface area (Å²) in [4.78, 5) is 12.0. The van der Waals surface area contributed by atoms with Crippen LogP contribution in [0.25, 0.3) is 15.9 Å². The SMILES string of the molecule is c1ccc(CCNc2nc3sc4c(c3c3ncnn23)CCCC4)cc1. The summed E-state index contributed by atoms with van der Waals surface area (Å²) < 4.78 is 1.86. The van der Waals surface area contributed by atoms with E-state index in [1.54, 1.807) is 6.33 Å². The molecule has 0 unspecified atom stereocenters. The maximum Gasteiger partial charge on any atom is 0.227 e. The Morgan fingerprint density at radius 3 is 2.92 bits per heavy atom. The van der Waals surface area contributed by atoms with Crippen molar-refractivity contribution in [2.75, 3.05) is 11.9 Å². The fraction of sp³-hybridized carbons (Fsp3) is 0.316. The molecule has 3 aromatic heterocycles. The predicted octanol–water partition coefficient (Wildman–Crippen LogP) is 3.87. The number of thiophene rings is 1. The van der Waals surface area contributed by atoms with Crippen molar-refractivity contribution >= 4 is 33.1 Å². The van der Waals surface area contributed by atoms with Gasteiger partial charge in [0.05, 0.1) is 5.39 Å². The molecule has 0 radical (unpaired) electrons. The molecule has 1 N–H and O–H groups in total. The number of anilines is 1. The van der Waals surface area contributed by atoms with Crippen molar-refractivity contribution in [2.24, 2.45) is 0 Å². The van der Waals surface area contributed by atoms with Gasteiger partial charge < -0.3 is 5.32 Å². The van der Waals surface area contributed by atoms with Gasteiger partial charge in [-0.25, -0.2) is 9.97 Å². The molecule has 1 aliphatic carbocycles. The van der Waals surface area contributed by atoms with Crippen molar-refractivity contribution < 1.29 is 0 Å². The zero-order chi connectivity index (χ0) is 16.6. The standard InChI is InChI=1S/C19H19N5S/c1-2-6-13(7-3-1)10-11-20-19-23-18-16(17-21-12-22-24(17)19)14-8-4-5-9-15(14)25-18/h1-3,6-7,12H,4-5,8-11H2,(H,20,23). The fourth-order valence-electron chi connectivity index (χ4n) is 3.65. The molecule has 0 aliphatic heterocycles. The molecule has 126 valence electrons. The van der Waals surface area contributed by atoms with Crippen LogP contribution in [0.2, 0.25) is 0 Å². The van der Waals surface area contributed by atoms with Crippen LogP contribution in [-0.2, 0) is 19.3 Å². The van der Waals surface area contributed by atoms with E-state index in [9.17, 15) is 0 Å². The van der Waals surface area contributed by atoms with E-state index in [0.29, 0.717) is 0 Å². The quantitative estimate of drug-likeness (QED) is 0.608. The second kappa shape index (κ2) is 6.11. The zero-order valence-electron chi connectivity index (χ0n) is 13.9. The first kappa shape index (κ1) is 14.8. The van der Waals surface area contributed by atoms with Crippen LogP contribution in [0, 0.1) is 0 Å². The van der Waals surface area contributed by atoms with E-state index >= 15 is 0 Å². The Hall–Kier alpha value is -2.47. The molecule has 5 rings (SSSR count). The first-order valence-electron chi connectivity index (χ1n) is 8.82. The second-order valence-corrected chi connectivity index (χ2v) is 7.57. The van der Waals surface area contributed by atoms with E-state index in [-0.39, 0.29) is 0 Å². The van der Waals surface area contributed by atoms with Crippen LogP contribution in [0.5, 0.6) is 0 Å². The second-order valence-electron chi connectivity index (χ2n) is 6.48. The Morgan fingerprint density at radius 1 is 1.12 bits per heavy atom. The Morgan fingerprint density at radius 2 is 2.00 bits per heavy atom. The van der Waals surface area contributed by atoms with Crippen molar-refractivity contribution in [1.82, 2.24) is 19.6 Å². The summed E-state index contributed by atoms with van der Waals surface area (Å²) in [7, 11) is 0. The Balaban J connectivity index is 1.51. The Labute approximate surface area is 149 Å². The maximum absolute atomic E-state index is 4.88. The van der Waals surface area contributed by atoms with Crippen LogP contribution in [0.3, 0.4) is 0 Å². The lowest BCUT2D eigenvalue weighted by atomic mass is 9.97. The minimum atomic E-state index is 0.787. The molecule has 25 heavy (non-hydrogen) atoms. The van der Waals surface area contributed by atoms with Gasteiger partial charge in [-0.1, -0.05) is 30.3 Å². The normalized spacial score (nSPS) is 14.1. The van der Waals surface area contributed by atoms with Gasteiger partial charge in [0.2, 0.25) is 5.95 Å². The molecule has 0 spiro atoms. The molecule has 3 heterocycles. The number of hydrogen-bond donors (Lipinski definition) is 1. The first-order chi connectivity index (χ1) is 12.4. The highest BCUT2D eigenvalue weighted by Crippen LogP contribution is 2.37. The molecule has 0 saturated carbocycles. The van der Waals surface area contributed by atoms with E-state index in [0.717, 1.165) is 35.8 Å². The lowest BCUT2D eigenvalue weighted by Crippen LogP contribution is -2.11. The smallest absolute Gasteiger partial charge is 0.227 e. The van der Waals surface area contributed by atoms with Crippen LogP contribution in [-0.4, -0.2) is 26.1 Å². The van der Waals surface area contributed by atoms with E-state index in [2.05, 4.69) is 39.7 Å². The minimum absolute atomic E-state index is 0.787. The number of aromatic nitrogens is 4. The van der Waals surface area contributed by atoms with Crippen LogP contribution in [0.15, 0.2) is 36.7 Å². The third kappa shape index (κ3) is 2.57. The molecule has 1 aliphatic rings. The molecule has 0 amide bonds. The van der Waals surface area contributed by atoms with Crippen molar-refractivity contribution in [1.29, 1.82) is 0 Å². The molecular weight excluding hydrogens is 330 g/mol. The Bertz CT molecular complexity index is 1030. The number of benzene rings is 1. The zero-order valence-corrected chi connectivity index (χ0v) is 14.7. The number of nitrogens with one attached hydrogen (secondary N) is 1. The fourth-order valence-corrected chi connectivity index (χ4v) is 4.90. The summed E-state index contributed by atoms with van der Waals surface area (Å²) in [5, 5.41) is 9.07. The van der Waals surface area contributed by atoms with Crippen LogP contribution < -0.4 is 5.32 Å². The van der Waals surface area contributed by atoms with Crippen molar-refractivity contribution in [3.63, 3.8) is 0 Å². The van der Waals surface area contributed by atoms with Crippen molar-refractivity contribution in [2.45, 2.75) is 32.1 Å². The van der Waals surface area contributed by atoms with Crippen molar-refractivity contribution in [3.8, 4) is 0 Å². The molecular formula is C19H19N5S. The number of nitrogens with zero attached hydrogens (tertiary/aromatic N) is 4. The minimum Gasteiger partial charge on any atom is -0.354 e. The summed E-state index contributed by atoms with van der Waals surface area (Å²) in [6.45, 7) is 0.822. The van der Waals surface area contributed by atoms with E-state index in [1.165, 1.54) is 40.7 Å². The van der Waals surface area contributed by atoms with E-state index in [1.807, 2.05) is 21.9 Å². The first-order valence-corrected chi connectivity index (χ1v) is 9.63. The highest BCUT2D eigenvalue weighted by Gasteiger charge is 2.21. The molecule has 1 aromatic carbocycles. The summed E-state index contributed by atoms with van der Waals surface area (Å²) >= 11 is 1.83. The summed E-state index contributed by atoms with van der Waals surface area (Å²) in [5.74, 6) is 0.787. The van der Waals surface area contributed by atoms with Gasteiger partial charge >= 0.3 is 0 Å². The van der Waals surface area contributed by atoms with E-state index < -0.39 is 0 Å². The molecule has 6 heteroatoms. The van der Waals surface area contributed by atoms with Crippen LogP contribution in [0.1, 0.15) is 28.8 Å². The molecule has 0 saturated heterocycles. The summed E-state index contributed by atoms with van der Waals surface area (Å²) in [6.07, 6.45) is 7.44. The predicted molar refractivity (Wildman–Crippen MR) is 101 cm³/mol. The van der Waals surface area contributed by atoms with Crippen molar-refractivity contribution in [3.05, 3.63) is 52.7 Å². The number of aryl methyl sites for hydroxylation is 2. The number of rotatable bonds is 4. The van der Waals surface area contributed by atoms with Gasteiger partial charge in [0.15, 0.2) is 5.65 Å². The maximum atomic E-state index is 4.88. The van der Waals surface area contributed by atoms with Gasteiger partial charge in [-0.2, -0.15) is 9.61 Å². The van der Waals surface area contributed by atoms with E-state index in [4.69, 9.17) is 4.98 Å². The third-order valence-electron chi connectivity index (χ3n) is 4.87. The lowest BCUT2D eigenvalue weighted by molar-refractivity contribution is 0.700. The topological polar surface area (TPSA) is 55.1 Å². The van der Waals surface area contributed by atoms with Gasteiger partial charge in [0, 0.05) is 11.4 Å². The lowest BCUT2D eigenvalue weighted by Gasteiger charge is -2.11. The molecule has 5 nitrogen and oxygen atoms in total. The van der Waals surface area contributed by atoms with Gasteiger partial charge in [0.1, 0.15) is 11.2 Å². The van der Waals surface area contributed by atoms with Gasteiger partial charge in [-0.05, 0) is 43.2 Å². The number of fused-ring (bicyclic) bond motifs is 5. The highest BCUT2D eigenvalue weighted by molar-refractivity contribution is 7.19. The largest absolute Gasteiger partial charge is 0.354 e. The third-order valence-corrected chi connectivity index (χ3v) is 6.06. The molecule has 4 aromatic rings. The van der Waals surface area contributed by atoms with Crippen LogP contribution in [0.4, 0.5) is 5.95 Å². The van der Waals surface area contributed by atoms with Crippen LogP contribution >= 0.6 is 11.3 Å².